The van der Waals surface area contributed by atoms with Crippen LogP contribution in [0.3, 0.4) is 0 Å². The summed E-state index contributed by atoms with van der Waals surface area (Å²) in [6.45, 7) is 1.21. The fourth-order valence-corrected chi connectivity index (χ4v) is 2.96. The third-order valence-electron chi connectivity index (χ3n) is 4.14. The van der Waals surface area contributed by atoms with Crippen LogP contribution < -0.4 is 23.4 Å². The summed E-state index contributed by atoms with van der Waals surface area (Å²) in [5.41, 5.74) is 0.468. The number of anilines is 1. The van der Waals surface area contributed by atoms with E-state index in [2.05, 4.69) is 10.2 Å². The van der Waals surface area contributed by atoms with Crippen molar-refractivity contribution in [3.8, 4) is 23.0 Å². The molecule has 0 aliphatic heterocycles. The van der Waals surface area contributed by atoms with Crippen LogP contribution >= 0.6 is 23.4 Å². The van der Waals surface area contributed by atoms with E-state index in [9.17, 15) is 9.59 Å². The van der Waals surface area contributed by atoms with Crippen molar-refractivity contribution in [2.45, 2.75) is 13.0 Å². The maximum absolute atomic E-state index is 12.9. The number of methoxy groups -OCH3 is 4. The summed E-state index contributed by atoms with van der Waals surface area (Å²) in [4.78, 5) is 25.0. The minimum Gasteiger partial charge on any atom is -0.495 e. The predicted octanol–water partition coefficient (Wildman–Crippen LogP) is 4.60. The van der Waals surface area contributed by atoms with E-state index < -0.39 is 17.7 Å². The van der Waals surface area contributed by atoms with Crippen molar-refractivity contribution < 1.29 is 28.5 Å². The summed E-state index contributed by atoms with van der Waals surface area (Å²) in [6, 6.07) is 6.06. The molecule has 0 aliphatic carbocycles. The second-order valence-electron chi connectivity index (χ2n) is 6.05. The molecule has 0 saturated carbocycles. The van der Waals surface area contributed by atoms with Gasteiger partial charge in [0.1, 0.15) is 17.2 Å². The van der Waals surface area contributed by atoms with Crippen LogP contribution in [0.25, 0.3) is 0 Å². The monoisotopic (exact) mass is 469 g/mol. The second-order valence-corrected chi connectivity index (χ2v) is 6.79. The van der Waals surface area contributed by atoms with Gasteiger partial charge in [-0.2, -0.15) is 10.2 Å². The number of amides is 1. The van der Waals surface area contributed by atoms with Crippen LogP contribution in [0.4, 0.5) is 11.4 Å². The molecular formula is C20H21Cl2N3O6. The van der Waals surface area contributed by atoms with Gasteiger partial charge in [-0.1, -0.05) is 11.6 Å². The number of halogens is 2. The Hall–Kier alpha value is -3.04. The summed E-state index contributed by atoms with van der Waals surface area (Å²) < 4.78 is 21.5. The fraction of sp³-hybridized carbons (Fsp3) is 0.300. The lowest BCUT2D eigenvalue weighted by Gasteiger charge is -2.18. The van der Waals surface area contributed by atoms with Gasteiger partial charge in [0.2, 0.25) is 6.04 Å². The minimum atomic E-state index is -1.49. The molecule has 166 valence electrons. The summed E-state index contributed by atoms with van der Waals surface area (Å²) in [5.74, 6) is 0.119. The predicted molar refractivity (Wildman–Crippen MR) is 116 cm³/mol. The van der Waals surface area contributed by atoms with E-state index in [1.807, 2.05) is 0 Å². The van der Waals surface area contributed by atoms with Gasteiger partial charge < -0.3 is 18.9 Å². The van der Waals surface area contributed by atoms with Gasteiger partial charge >= 0.3 is 0 Å². The Morgan fingerprint density at radius 1 is 0.903 bits per heavy atom. The molecule has 31 heavy (non-hydrogen) atoms. The highest BCUT2D eigenvalue weighted by molar-refractivity contribution is 6.39. The van der Waals surface area contributed by atoms with Gasteiger partial charge in [-0.15, -0.1) is 0 Å². The van der Waals surface area contributed by atoms with Crippen LogP contribution in [-0.4, -0.2) is 46.2 Å². The molecule has 9 nitrogen and oxygen atoms in total. The lowest BCUT2D eigenvalue weighted by atomic mass is 10.2. The average molecular weight is 470 g/mol. The van der Waals surface area contributed by atoms with Gasteiger partial charge in [0.15, 0.2) is 17.3 Å². The van der Waals surface area contributed by atoms with E-state index >= 15 is 0 Å². The van der Waals surface area contributed by atoms with Crippen molar-refractivity contribution in [3.05, 3.63) is 35.4 Å². The fourth-order valence-electron chi connectivity index (χ4n) is 2.53. The zero-order chi connectivity index (χ0) is 23.1. The number of ketones is 1. The number of hydrogen-bond acceptors (Lipinski definition) is 8. The number of ether oxygens (including phenoxy) is 4. The first-order valence-corrected chi connectivity index (χ1v) is 9.53. The van der Waals surface area contributed by atoms with Crippen LogP contribution in [0.2, 0.25) is 5.02 Å². The SMILES string of the molecule is COc1cc(OC)c(N=NC(C(C)=O)C(=O)N(Cl)c2ccc(OC)c(OC)c2)cc1Cl. The van der Waals surface area contributed by atoms with Gasteiger partial charge in [-0.3, -0.25) is 9.59 Å². The van der Waals surface area contributed by atoms with Gasteiger partial charge in [-0.05, 0) is 25.1 Å². The van der Waals surface area contributed by atoms with Crippen LogP contribution in [0.1, 0.15) is 6.92 Å². The number of azo groups is 1. The van der Waals surface area contributed by atoms with Crippen molar-refractivity contribution >= 4 is 46.4 Å². The molecule has 1 unspecified atom stereocenters. The molecule has 0 heterocycles. The Kier molecular flexibility index (Phi) is 8.47. The number of benzene rings is 2. The molecule has 1 atom stereocenters. The van der Waals surface area contributed by atoms with E-state index in [0.717, 1.165) is 4.42 Å². The highest BCUT2D eigenvalue weighted by atomic mass is 35.5. The first-order chi connectivity index (χ1) is 14.8. The third-order valence-corrected chi connectivity index (χ3v) is 4.80. The van der Waals surface area contributed by atoms with Crippen molar-refractivity contribution in [3.63, 3.8) is 0 Å². The topological polar surface area (TPSA) is 99.0 Å². The van der Waals surface area contributed by atoms with Gasteiger partial charge in [0.05, 0.1) is 39.1 Å². The molecule has 0 aromatic heterocycles. The van der Waals surface area contributed by atoms with Crippen molar-refractivity contribution in [2.24, 2.45) is 10.2 Å². The average Bonchev–Trinajstić information content (AvgIpc) is 2.77. The van der Waals surface area contributed by atoms with Gasteiger partial charge in [-0.25, -0.2) is 4.42 Å². The number of carbonyl (C=O) groups is 2. The standard InChI is InChI=1S/C20H21Cl2N3O6/c1-11(26)19(24-23-14-9-13(21)16(29-3)10-17(14)30-4)20(27)25(22)12-6-7-15(28-2)18(8-12)31-5/h6-10,19H,1-5H3. The maximum atomic E-state index is 12.9. The van der Waals surface area contributed by atoms with Crippen molar-refractivity contribution in [1.29, 1.82) is 0 Å². The molecule has 0 radical (unpaired) electrons. The molecule has 1 amide bonds. The first kappa shape index (κ1) is 24.2. The minimum absolute atomic E-state index is 0.208. The summed E-state index contributed by atoms with van der Waals surface area (Å²) in [7, 11) is 5.80. The van der Waals surface area contributed by atoms with E-state index in [-0.39, 0.29) is 16.4 Å². The molecule has 0 spiro atoms. The summed E-state index contributed by atoms with van der Waals surface area (Å²) in [6.07, 6.45) is 0. The zero-order valence-electron chi connectivity index (χ0n) is 17.5. The quantitative estimate of drug-likeness (QED) is 0.302. The number of Topliss-reactive ketones (excluding diaryl/α,β-unsaturated/α-hetero) is 1. The maximum Gasteiger partial charge on any atom is 0.276 e. The Morgan fingerprint density at radius 2 is 1.52 bits per heavy atom. The number of rotatable bonds is 9. The summed E-state index contributed by atoms with van der Waals surface area (Å²) >= 11 is 12.3. The highest BCUT2D eigenvalue weighted by Gasteiger charge is 2.29. The second kappa shape index (κ2) is 10.8. The molecule has 0 fully saturated rings. The summed E-state index contributed by atoms with van der Waals surface area (Å²) in [5, 5.41) is 8.12. The molecule has 0 bridgehead atoms. The third kappa shape index (κ3) is 5.56. The molecule has 2 aromatic carbocycles. The van der Waals surface area contributed by atoms with Crippen LogP contribution in [-0.2, 0) is 9.59 Å². The van der Waals surface area contributed by atoms with Crippen molar-refractivity contribution in [1.82, 2.24) is 0 Å². The number of hydrogen-bond donors (Lipinski definition) is 0. The molecule has 2 aromatic rings. The molecule has 0 saturated heterocycles. The van der Waals surface area contributed by atoms with E-state index in [4.69, 9.17) is 42.3 Å². The van der Waals surface area contributed by atoms with Crippen LogP contribution in [0.5, 0.6) is 23.0 Å². The van der Waals surface area contributed by atoms with E-state index in [0.29, 0.717) is 23.0 Å². The Bertz CT molecular complexity index is 999. The highest BCUT2D eigenvalue weighted by Crippen LogP contribution is 2.38. The Balaban J connectivity index is 2.35. The van der Waals surface area contributed by atoms with E-state index in [1.54, 1.807) is 6.07 Å². The molecule has 11 heteroatoms. The van der Waals surface area contributed by atoms with E-state index in [1.165, 1.54) is 59.6 Å². The lowest BCUT2D eigenvalue weighted by Crippen LogP contribution is -2.36. The normalized spacial score (nSPS) is 11.7. The van der Waals surface area contributed by atoms with Crippen molar-refractivity contribution in [2.75, 3.05) is 32.9 Å². The molecule has 2 rings (SSSR count). The Morgan fingerprint density at radius 3 is 2.06 bits per heavy atom. The van der Waals surface area contributed by atoms with Crippen LogP contribution in [0, 0.1) is 0 Å². The first-order valence-electron chi connectivity index (χ1n) is 8.81. The van der Waals surface area contributed by atoms with Gasteiger partial charge in [0, 0.05) is 23.9 Å². The number of nitrogens with zero attached hydrogens (tertiary/aromatic N) is 3. The molecular weight excluding hydrogens is 449 g/mol. The molecule has 0 N–H and O–H groups in total. The molecule has 0 aliphatic rings. The zero-order valence-corrected chi connectivity index (χ0v) is 19.0. The largest absolute Gasteiger partial charge is 0.495 e. The van der Waals surface area contributed by atoms with Gasteiger partial charge in [0.25, 0.3) is 5.91 Å². The smallest absolute Gasteiger partial charge is 0.276 e. The lowest BCUT2D eigenvalue weighted by molar-refractivity contribution is -0.126. The number of carbonyl (C=O) groups excluding carboxylic acids is 2. The Labute approximate surface area is 189 Å². The van der Waals surface area contributed by atoms with Crippen LogP contribution in [0.15, 0.2) is 40.6 Å².